The number of ether oxygens (including phenoxy) is 2. The molecule has 0 unspecified atom stereocenters. The summed E-state index contributed by atoms with van der Waals surface area (Å²) in [5, 5.41) is 47.9. The fourth-order valence-electron chi connectivity index (χ4n) is 0.596. The van der Waals surface area contributed by atoms with Gasteiger partial charge in [-0.1, -0.05) is 25.3 Å². The van der Waals surface area contributed by atoms with Crippen LogP contribution in [-0.2, 0) is 9.47 Å². The van der Waals surface area contributed by atoms with Crippen LogP contribution < -0.4 is 0 Å². The van der Waals surface area contributed by atoms with E-state index >= 15 is 0 Å². The Morgan fingerprint density at radius 1 is 0.826 bits per heavy atom. The van der Waals surface area contributed by atoms with E-state index in [4.69, 9.17) is 35.4 Å². The van der Waals surface area contributed by atoms with Crippen molar-refractivity contribution in [3.63, 3.8) is 0 Å². The third-order valence-corrected chi connectivity index (χ3v) is 1.98. The maximum Gasteiger partial charge on any atom is 0.508 e. The quantitative estimate of drug-likeness (QED) is 0.254. The molecule has 0 saturated carbocycles. The molecule has 0 fully saturated rings. The Morgan fingerprint density at radius 3 is 1.22 bits per heavy atom. The molecule has 0 heterocycles. The Balaban J connectivity index is -0.000000284. The molecule has 0 aromatic carbocycles. The van der Waals surface area contributed by atoms with Gasteiger partial charge in [0.15, 0.2) is 0 Å². The third kappa shape index (κ3) is 19.9. The number of rotatable bonds is 8. The summed E-state index contributed by atoms with van der Waals surface area (Å²) in [6.45, 7) is 5.45. The first-order valence-corrected chi connectivity index (χ1v) is 6.15. The Bertz CT molecular complexity index is 289. The largest absolute Gasteiger partial charge is 0.508 e. The second-order valence-electron chi connectivity index (χ2n) is 3.86. The van der Waals surface area contributed by atoms with E-state index in [1.807, 2.05) is 0 Å². The molecule has 0 aromatic rings. The van der Waals surface area contributed by atoms with Gasteiger partial charge in [0.1, 0.15) is 13.2 Å². The van der Waals surface area contributed by atoms with Gasteiger partial charge in [0.2, 0.25) is 0 Å². The first-order valence-electron chi connectivity index (χ1n) is 6.15. The molecule has 23 heavy (non-hydrogen) atoms. The van der Waals surface area contributed by atoms with Crippen molar-refractivity contribution >= 4 is 12.3 Å². The zero-order valence-corrected chi connectivity index (χ0v) is 12.6. The number of carboxylic acid groups (broad SMARTS) is 2. The number of aliphatic hydroxyl groups is 4. The van der Waals surface area contributed by atoms with Crippen LogP contribution in [0.2, 0.25) is 0 Å². The molecule has 0 bridgehead atoms. The highest BCUT2D eigenvalue weighted by atomic mass is 16.7. The van der Waals surface area contributed by atoms with Crippen molar-refractivity contribution in [3.05, 3.63) is 25.3 Å². The van der Waals surface area contributed by atoms with Gasteiger partial charge in [0.25, 0.3) is 0 Å². The molecule has 0 aliphatic heterocycles. The molecular weight excluding hydrogens is 316 g/mol. The zero-order chi connectivity index (χ0) is 18.7. The second kappa shape index (κ2) is 17.9. The average molecular weight is 340 g/mol. The first kappa shape index (κ1) is 25.8. The molecule has 0 spiro atoms. The van der Waals surface area contributed by atoms with Crippen LogP contribution in [0.25, 0.3) is 0 Å². The van der Waals surface area contributed by atoms with E-state index in [9.17, 15) is 4.79 Å². The summed E-state index contributed by atoms with van der Waals surface area (Å²) < 4.78 is 8.93. The molecular formula is C13H24O10. The van der Waals surface area contributed by atoms with E-state index in [1.165, 1.54) is 12.2 Å². The van der Waals surface area contributed by atoms with Crippen molar-refractivity contribution in [1.82, 2.24) is 0 Å². The number of carbonyl (C=O) groups is 2. The van der Waals surface area contributed by atoms with Gasteiger partial charge < -0.3 is 40.1 Å². The van der Waals surface area contributed by atoms with Gasteiger partial charge in [-0.05, 0) is 0 Å². The lowest BCUT2D eigenvalue weighted by molar-refractivity contribution is -0.0328. The van der Waals surface area contributed by atoms with Gasteiger partial charge in [-0.15, -0.1) is 0 Å². The maximum absolute atomic E-state index is 10.4. The van der Waals surface area contributed by atoms with Crippen molar-refractivity contribution in [2.24, 2.45) is 5.41 Å². The molecule has 0 aromatic heterocycles. The summed E-state index contributed by atoms with van der Waals surface area (Å²) in [4.78, 5) is 19.0. The number of hydrogen-bond acceptors (Lipinski definition) is 8. The van der Waals surface area contributed by atoms with Gasteiger partial charge in [0, 0.05) is 0 Å². The van der Waals surface area contributed by atoms with E-state index in [1.54, 1.807) is 0 Å². The number of hydrogen-bond donors (Lipinski definition) is 6. The summed E-state index contributed by atoms with van der Waals surface area (Å²) in [6.07, 6.45) is 0.407. The summed E-state index contributed by atoms with van der Waals surface area (Å²) >= 11 is 0. The molecule has 0 radical (unpaired) electrons. The Labute approximate surface area is 133 Å². The van der Waals surface area contributed by atoms with Crippen molar-refractivity contribution in [2.45, 2.75) is 0 Å². The van der Waals surface area contributed by atoms with Crippen molar-refractivity contribution in [3.8, 4) is 0 Å². The minimum atomic E-state index is -1.83. The zero-order valence-electron chi connectivity index (χ0n) is 12.6. The SMILES string of the molecule is C=CCOC(=O)OCC=C.O=C(O)O.OCC(CO)(CO)CO. The number of carbonyl (C=O) groups excluding carboxylic acids is 1. The van der Waals surface area contributed by atoms with E-state index in [2.05, 4.69) is 22.6 Å². The third-order valence-electron chi connectivity index (χ3n) is 1.98. The first-order chi connectivity index (χ1) is 10.8. The molecule has 0 saturated heterocycles. The molecule has 136 valence electrons. The van der Waals surface area contributed by atoms with Gasteiger partial charge in [0.05, 0.1) is 31.8 Å². The van der Waals surface area contributed by atoms with Crippen LogP contribution in [-0.4, -0.2) is 82.6 Å². The topological polar surface area (TPSA) is 174 Å². The number of aliphatic hydroxyl groups excluding tert-OH is 4. The molecule has 10 heteroatoms. The maximum atomic E-state index is 10.4. The summed E-state index contributed by atoms with van der Waals surface area (Å²) in [5.41, 5.74) is -1.11. The van der Waals surface area contributed by atoms with Gasteiger partial charge in [-0.2, -0.15) is 0 Å². The Morgan fingerprint density at radius 2 is 1.09 bits per heavy atom. The predicted octanol–water partition coefficient (Wildman–Crippen LogP) is -0.324. The van der Waals surface area contributed by atoms with Crippen LogP contribution in [0.1, 0.15) is 0 Å². The van der Waals surface area contributed by atoms with Crippen LogP contribution in [0.5, 0.6) is 0 Å². The van der Waals surface area contributed by atoms with Crippen molar-refractivity contribution in [1.29, 1.82) is 0 Å². The van der Waals surface area contributed by atoms with Crippen LogP contribution in [0.4, 0.5) is 9.59 Å². The van der Waals surface area contributed by atoms with Gasteiger partial charge in [-0.25, -0.2) is 9.59 Å². The minimum absolute atomic E-state index is 0.177. The van der Waals surface area contributed by atoms with Gasteiger partial charge >= 0.3 is 12.3 Å². The molecule has 0 rings (SSSR count). The monoisotopic (exact) mass is 340 g/mol. The van der Waals surface area contributed by atoms with Crippen molar-refractivity contribution < 1.29 is 49.7 Å². The van der Waals surface area contributed by atoms with Gasteiger partial charge in [-0.3, -0.25) is 0 Å². The summed E-state index contributed by atoms with van der Waals surface area (Å²) in [5.74, 6) is 0. The lowest BCUT2D eigenvalue weighted by atomic mass is 9.93. The standard InChI is InChI=1S/C7H10O3.C5H12O4.CH2O3/c1-3-5-9-7(8)10-6-4-2;6-1-5(2-7,3-8)4-9;2-1(3)4/h3-4H,1-2,5-6H2;6-9H,1-4H2;(H2,2,3,4). The molecule has 0 atom stereocenters. The lowest BCUT2D eigenvalue weighted by Gasteiger charge is -2.23. The highest BCUT2D eigenvalue weighted by molar-refractivity contribution is 5.60. The van der Waals surface area contributed by atoms with Crippen molar-refractivity contribution in [2.75, 3.05) is 39.6 Å². The highest BCUT2D eigenvalue weighted by Crippen LogP contribution is 2.11. The van der Waals surface area contributed by atoms with Crippen LogP contribution in [0, 0.1) is 5.41 Å². The van der Waals surface area contributed by atoms with E-state index in [0.29, 0.717) is 0 Å². The molecule has 0 amide bonds. The molecule has 6 N–H and O–H groups in total. The molecule has 0 aliphatic carbocycles. The summed E-state index contributed by atoms with van der Waals surface area (Å²) in [6, 6.07) is 0. The van der Waals surface area contributed by atoms with Crippen LogP contribution in [0.15, 0.2) is 25.3 Å². The molecule has 0 aliphatic rings. The average Bonchev–Trinajstić information content (AvgIpc) is 2.54. The molecule has 10 nitrogen and oxygen atoms in total. The summed E-state index contributed by atoms with van der Waals surface area (Å²) in [7, 11) is 0. The predicted molar refractivity (Wildman–Crippen MR) is 79.1 cm³/mol. The van der Waals surface area contributed by atoms with E-state index in [-0.39, 0.29) is 13.2 Å². The Kier molecular flexibility index (Phi) is 20.1. The minimum Gasteiger partial charge on any atom is -0.450 e. The smallest absolute Gasteiger partial charge is 0.450 e. The highest BCUT2D eigenvalue weighted by Gasteiger charge is 2.26. The fraction of sp³-hybridized carbons (Fsp3) is 0.538. The fourth-order valence-corrected chi connectivity index (χ4v) is 0.596. The second-order valence-corrected chi connectivity index (χ2v) is 3.86. The van der Waals surface area contributed by atoms with E-state index in [0.717, 1.165) is 0 Å². The normalized spacial score (nSPS) is 9.22. The lowest BCUT2D eigenvalue weighted by Crippen LogP contribution is -2.37. The van der Waals surface area contributed by atoms with Crippen LogP contribution in [0.3, 0.4) is 0 Å². The Hall–Kier alpha value is -2.14. The van der Waals surface area contributed by atoms with E-state index < -0.39 is 44.2 Å². The van der Waals surface area contributed by atoms with Crippen LogP contribution >= 0.6 is 0 Å².